The number of nitrogens with zero attached hydrogens (tertiary/aromatic N) is 3. The lowest BCUT2D eigenvalue weighted by atomic mass is 10.1. The van der Waals surface area contributed by atoms with Crippen LogP contribution in [0.25, 0.3) is 17.0 Å². The molecular weight excluding hydrogens is 257 g/mol. The molecule has 1 aromatic carbocycles. The van der Waals surface area contributed by atoms with Crippen molar-refractivity contribution in [1.82, 2.24) is 19.8 Å². The van der Waals surface area contributed by atoms with E-state index in [0.29, 0.717) is 11.4 Å². The van der Waals surface area contributed by atoms with Crippen molar-refractivity contribution in [1.29, 1.82) is 0 Å². The summed E-state index contributed by atoms with van der Waals surface area (Å²) >= 11 is 0. The predicted octanol–water partition coefficient (Wildman–Crippen LogP) is 3.05. The Labute approximate surface area is 105 Å². The van der Waals surface area contributed by atoms with Gasteiger partial charge >= 0.3 is 6.18 Å². The number of alkyl halides is 3. The number of hydrogen-bond donors (Lipinski definition) is 1. The van der Waals surface area contributed by atoms with Crippen LogP contribution in [-0.4, -0.2) is 19.8 Å². The zero-order valence-corrected chi connectivity index (χ0v) is 9.86. The minimum Gasteiger partial charge on any atom is -0.286 e. The molecule has 0 fully saturated rings. The van der Waals surface area contributed by atoms with Gasteiger partial charge in [-0.05, 0) is 6.92 Å². The fourth-order valence-electron chi connectivity index (χ4n) is 1.82. The number of halogens is 3. The SMILES string of the molecule is Cc1ccc(-c2nnc3cc(C(F)(F)F)[nH]n23)cc1. The van der Waals surface area contributed by atoms with Gasteiger partial charge in [-0.2, -0.15) is 13.2 Å². The smallest absolute Gasteiger partial charge is 0.286 e. The summed E-state index contributed by atoms with van der Waals surface area (Å²) in [5, 5.41) is 9.89. The second-order valence-corrected chi connectivity index (χ2v) is 4.25. The molecule has 1 N–H and O–H groups in total. The zero-order valence-electron chi connectivity index (χ0n) is 9.86. The molecule has 3 aromatic rings. The van der Waals surface area contributed by atoms with Crippen molar-refractivity contribution in [2.45, 2.75) is 13.1 Å². The lowest BCUT2D eigenvalue weighted by Crippen LogP contribution is -2.06. The van der Waals surface area contributed by atoms with E-state index in [1.54, 1.807) is 12.1 Å². The van der Waals surface area contributed by atoms with Gasteiger partial charge in [0.1, 0.15) is 5.69 Å². The molecule has 19 heavy (non-hydrogen) atoms. The molecule has 2 aromatic heterocycles. The van der Waals surface area contributed by atoms with Gasteiger partial charge in [0.2, 0.25) is 0 Å². The molecule has 0 saturated heterocycles. The standard InChI is InChI=1S/C12H9F3N4/c1-7-2-4-8(5-3-7)11-17-16-10-6-9(12(13,14)15)18-19(10)11/h2-6,18H,1H3. The first-order valence-electron chi connectivity index (χ1n) is 5.53. The first-order chi connectivity index (χ1) is 8.95. The summed E-state index contributed by atoms with van der Waals surface area (Å²) in [7, 11) is 0. The van der Waals surface area contributed by atoms with Crippen LogP contribution in [0.15, 0.2) is 30.3 Å². The summed E-state index contributed by atoms with van der Waals surface area (Å²) in [6, 6.07) is 8.25. The quantitative estimate of drug-likeness (QED) is 0.735. The Balaban J connectivity index is 2.14. The van der Waals surface area contributed by atoms with Crippen molar-refractivity contribution in [3.63, 3.8) is 0 Å². The number of aromatic amines is 1. The van der Waals surface area contributed by atoms with Crippen molar-refractivity contribution < 1.29 is 13.2 Å². The fraction of sp³-hybridized carbons (Fsp3) is 0.167. The fourth-order valence-corrected chi connectivity index (χ4v) is 1.82. The van der Waals surface area contributed by atoms with Gasteiger partial charge in [0.05, 0.1) is 0 Å². The molecule has 0 aliphatic heterocycles. The number of rotatable bonds is 1. The Kier molecular flexibility index (Phi) is 2.38. The van der Waals surface area contributed by atoms with Crippen LogP contribution in [0.2, 0.25) is 0 Å². The van der Waals surface area contributed by atoms with Crippen molar-refractivity contribution in [3.05, 3.63) is 41.6 Å². The maximum absolute atomic E-state index is 12.6. The largest absolute Gasteiger partial charge is 0.432 e. The molecule has 0 bridgehead atoms. The van der Waals surface area contributed by atoms with E-state index >= 15 is 0 Å². The van der Waals surface area contributed by atoms with E-state index in [2.05, 4.69) is 15.3 Å². The average Bonchev–Trinajstić information content (AvgIpc) is 2.89. The third-order valence-corrected chi connectivity index (χ3v) is 2.81. The number of aromatic nitrogens is 4. The van der Waals surface area contributed by atoms with Crippen molar-refractivity contribution in [2.24, 2.45) is 0 Å². The van der Waals surface area contributed by atoms with Gasteiger partial charge in [0.25, 0.3) is 0 Å². The lowest BCUT2D eigenvalue weighted by molar-refractivity contribution is -0.141. The summed E-state index contributed by atoms with van der Waals surface area (Å²) in [5.41, 5.74) is 1.06. The number of hydrogen-bond acceptors (Lipinski definition) is 2. The number of nitrogens with one attached hydrogen (secondary N) is 1. The highest BCUT2D eigenvalue weighted by atomic mass is 19.4. The van der Waals surface area contributed by atoms with Crippen molar-refractivity contribution in [2.75, 3.05) is 0 Å². The second kappa shape index (κ2) is 3.84. The first kappa shape index (κ1) is 11.8. The topological polar surface area (TPSA) is 46.0 Å². The third-order valence-electron chi connectivity index (χ3n) is 2.81. The third kappa shape index (κ3) is 1.96. The van der Waals surface area contributed by atoms with Crippen LogP contribution in [0, 0.1) is 6.92 Å². The van der Waals surface area contributed by atoms with E-state index < -0.39 is 11.9 Å². The highest BCUT2D eigenvalue weighted by molar-refractivity contribution is 5.59. The molecule has 0 unspecified atom stereocenters. The molecule has 0 aliphatic rings. The normalized spacial score (nSPS) is 12.2. The van der Waals surface area contributed by atoms with Gasteiger partial charge in [0, 0.05) is 11.6 Å². The molecule has 0 radical (unpaired) electrons. The summed E-state index contributed by atoms with van der Waals surface area (Å²) in [6.07, 6.45) is -4.43. The van der Waals surface area contributed by atoms with Gasteiger partial charge in [0.15, 0.2) is 11.5 Å². The highest BCUT2D eigenvalue weighted by Crippen LogP contribution is 2.29. The predicted molar refractivity (Wildman–Crippen MR) is 62.5 cm³/mol. The highest BCUT2D eigenvalue weighted by Gasteiger charge is 2.33. The van der Waals surface area contributed by atoms with Crippen LogP contribution in [0.3, 0.4) is 0 Å². The molecule has 98 valence electrons. The van der Waals surface area contributed by atoms with E-state index in [9.17, 15) is 13.2 Å². The number of H-pyrrole nitrogens is 1. The molecule has 0 amide bonds. The number of aryl methyl sites for hydroxylation is 1. The van der Waals surface area contributed by atoms with E-state index in [-0.39, 0.29) is 5.65 Å². The minimum atomic E-state index is -4.43. The average molecular weight is 266 g/mol. The maximum atomic E-state index is 12.6. The van der Waals surface area contributed by atoms with Crippen molar-refractivity contribution >= 4 is 5.65 Å². The van der Waals surface area contributed by atoms with E-state index in [4.69, 9.17) is 0 Å². The van der Waals surface area contributed by atoms with E-state index in [1.807, 2.05) is 19.1 Å². The molecule has 4 nitrogen and oxygen atoms in total. The molecule has 3 rings (SSSR count). The summed E-state index contributed by atoms with van der Waals surface area (Å²) in [6.45, 7) is 1.93. The Hall–Kier alpha value is -2.31. The van der Waals surface area contributed by atoms with Gasteiger partial charge in [-0.25, -0.2) is 4.52 Å². The molecular formula is C12H9F3N4. The first-order valence-corrected chi connectivity index (χ1v) is 5.53. The number of benzene rings is 1. The van der Waals surface area contributed by atoms with Crippen LogP contribution in [-0.2, 0) is 6.18 Å². The van der Waals surface area contributed by atoms with E-state index in [1.165, 1.54) is 4.52 Å². The maximum Gasteiger partial charge on any atom is 0.432 e. The van der Waals surface area contributed by atoms with Crippen LogP contribution in [0.1, 0.15) is 11.3 Å². The summed E-state index contributed by atoms with van der Waals surface area (Å²) < 4.78 is 39.0. The van der Waals surface area contributed by atoms with Crippen LogP contribution in [0.4, 0.5) is 13.2 Å². The minimum absolute atomic E-state index is 0.142. The second-order valence-electron chi connectivity index (χ2n) is 4.25. The molecule has 2 heterocycles. The van der Waals surface area contributed by atoms with Crippen molar-refractivity contribution in [3.8, 4) is 11.4 Å². The van der Waals surface area contributed by atoms with Gasteiger partial charge in [-0.3, -0.25) is 5.10 Å². The Morgan fingerprint density at radius 2 is 1.79 bits per heavy atom. The van der Waals surface area contributed by atoms with Gasteiger partial charge in [-0.1, -0.05) is 29.8 Å². The molecule has 0 saturated carbocycles. The zero-order chi connectivity index (χ0) is 13.6. The molecule has 0 aliphatic carbocycles. The Morgan fingerprint density at radius 3 is 2.42 bits per heavy atom. The van der Waals surface area contributed by atoms with Gasteiger partial charge < -0.3 is 0 Å². The van der Waals surface area contributed by atoms with E-state index in [0.717, 1.165) is 11.6 Å². The Bertz CT molecular complexity index is 722. The monoisotopic (exact) mass is 266 g/mol. The summed E-state index contributed by atoms with van der Waals surface area (Å²) in [4.78, 5) is 0. The van der Waals surface area contributed by atoms with Crippen LogP contribution in [0.5, 0.6) is 0 Å². The molecule has 0 atom stereocenters. The van der Waals surface area contributed by atoms with Crippen LogP contribution >= 0.6 is 0 Å². The lowest BCUT2D eigenvalue weighted by Gasteiger charge is -2.02. The molecule has 7 heteroatoms. The van der Waals surface area contributed by atoms with Crippen LogP contribution < -0.4 is 0 Å². The summed E-state index contributed by atoms with van der Waals surface area (Å²) in [5.74, 6) is 0.352. The van der Waals surface area contributed by atoms with Gasteiger partial charge in [-0.15, -0.1) is 10.2 Å². The molecule has 0 spiro atoms. The Morgan fingerprint density at radius 1 is 1.11 bits per heavy atom. The number of fused-ring (bicyclic) bond motifs is 1.